The van der Waals surface area contributed by atoms with Crippen molar-refractivity contribution in [2.24, 2.45) is 5.84 Å². The summed E-state index contributed by atoms with van der Waals surface area (Å²) in [4.78, 5) is 11.9. The van der Waals surface area contributed by atoms with Gasteiger partial charge in [0.1, 0.15) is 0 Å². The molecule has 100 valence electrons. The van der Waals surface area contributed by atoms with E-state index in [-0.39, 0.29) is 5.91 Å². The zero-order valence-corrected chi connectivity index (χ0v) is 11.7. The maximum absolute atomic E-state index is 10.9. The van der Waals surface area contributed by atoms with E-state index in [2.05, 4.69) is 5.43 Å². The van der Waals surface area contributed by atoms with E-state index in [0.717, 1.165) is 35.6 Å². The Hall–Kier alpha value is -0.910. The number of rotatable bonds is 7. The highest BCUT2D eigenvalue weighted by Gasteiger charge is 2.02. The van der Waals surface area contributed by atoms with E-state index in [9.17, 15) is 4.79 Å². The van der Waals surface area contributed by atoms with Crippen LogP contribution in [-0.4, -0.2) is 11.7 Å². The average molecular weight is 288 g/mol. The third-order valence-corrected chi connectivity index (χ3v) is 3.83. The van der Waals surface area contributed by atoms with Crippen molar-refractivity contribution < 1.29 is 4.79 Å². The molecule has 0 radical (unpaired) electrons. The molecule has 1 amide bonds. The SMILES string of the molecule is NNC(=O)CCCCCSc1cc(Cl)ccc1N. The number of nitrogen functional groups attached to an aromatic ring is 1. The number of hydrazine groups is 1. The second kappa shape index (κ2) is 8.24. The molecule has 0 aliphatic rings. The van der Waals surface area contributed by atoms with Crippen LogP contribution in [0.4, 0.5) is 5.69 Å². The Balaban J connectivity index is 2.18. The first-order valence-electron chi connectivity index (χ1n) is 5.80. The molecule has 0 heterocycles. The highest BCUT2D eigenvalue weighted by Crippen LogP contribution is 2.28. The molecule has 1 aromatic rings. The van der Waals surface area contributed by atoms with Gasteiger partial charge in [-0.2, -0.15) is 0 Å². The van der Waals surface area contributed by atoms with E-state index in [1.54, 1.807) is 17.8 Å². The monoisotopic (exact) mass is 287 g/mol. The number of hydrogen-bond acceptors (Lipinski definition) is 4. The third kappa shape index (κ3) is 5.62. The van der Waals surface area contributed by atoms with Crippen LogP contribution in [0.2, 0.25) is 5.02 Å². The van der Waals surface area contributed by atoms with Crippen molar-refractivity contribution in [1.29, 1.82) is 0 Å². The second-order valence-corrected chi connectivity index (χ2v) is 5.48. The summed E-state index contributed by atoms with van der Waals surface area (Å²) in [5.74, 6) is 5.85. The molecule has 0 unspecified atom stereocenters. The molecule has 18 heavy (non-hydrogen) atoms. The molecule has 0 atom stereocenters. The minimum absolute atomic E-state index is 0.110. The molecular weight excluding hydrogens is 270 g/mol. The Morgan fingerprint density at radius 3 is 2.83 bits per heavy atom. The topological polar surface area (TPSA) is 81.1 Å². The fourth-order valence-corrected chi connectivity index (χ4v) is 2.70. The van der Waals surface area contributed by atoms with Gasteiger partial charge in [0.05, 0.1) is 0 Å². The van der Waals surface area contributed by atoms with Gasteiger partial charge in [-0.15, -0.1) is 11.8 Å². The standard InChI is InChI=1S/C12H18ClN3OS/c13-9-5-6-10(14)11(8-9)18-7-3-1-2-4-12(17)16-15/h5-6,8H,1-4,7,14-15H2,(H,16,17). The number of carbonyl (C=O) groups excluding carboxylic acids is 1. The molecule has 0 aliphatic heterocycles. The number of halogens is 1. The minimum Gasteiger partial charge on any atom is -0.398 e. The Morgan fingerprint density at radius 2 is 2.11 bits per heavy atom. The molecule has 0 aliphatic carbocycles. The van der Waals surface area contributed by atoms with Gasteiger partial charge in [-0.05, 0) is 36.8 Å². The predicted molar refractivity (Wildman–Crippen MR) is 77.4 cm³/mol. The molecule has 0 saturated carbocycles. The predicted octanol–water partition coefficient (Wildman–Crippen LogP) is 2.56. The van der Waals surface area contributed by atoms with Gasteiger partial charge in [0, 0.05) is 22.0 Å². The molecule has 0 bridgehead atoms. The van der Waals surface area contributed by atoms with E-state index >= 15 is 0 Å². The number of anilines is 1. The van der Waals surface area contributed by atoms with Crippen molar-refractivity contribution in [2.75, 3.05) is 11.5 Å². The Labute approximate surface area is 116 Å². The van der Waals surface area contributed by atoms with Crippen molar-refractivity contribution in [1.82, 2.24) is 5.43 Å². The Kier molecular flexibility index (Phi) is 6.93. The molecule has 0 fully saturated rings. The van der Waals surface area contributed by atoms with Crippen LogP contribution in [0.5, 0.6) is 0 Å². The van der Waals surface area contributed by atoms with Gasteiger partial charge in [0.25, 0.3) is 0 Å². The lowest BCUT2D eigenvalue weighted by Crippen LogP contribution is -2.29. The summed E-state index contributed by atoms with van der Waals surface area (Å²) in [6, 6.07) is 5.48. The lowest BCUT2D eigenvalue weighted by atomic mass is 10.2. The number of nitrogens with two attached hydrogens (primary N) is 2. The van der Waals surface area contributed by atoms with Gasteiger partial charge in [-0.1, -0.05) is 18.0 Å². The van der Waals surface area contributed by atoms with Crippen LogP contribution in [0.1, 0.15) is 25.7 Å². The first kappa shape index (κ1) is 15.1. The number of nitrogens with one attached hydrogen (secondary N) is 1. The maximum Gasteiger partial charge on any atom is 0.233 e. The summed E-state index contributed by atoms with van der Waals surface area (Å²) < 4.78 is 0. The lowest BCUT2D eigenvalue weighted by molar-refractivity contribution is -0.121. The largest absolute Gasteiger partial charge is 0.398 e. The molecule has 6 heteroatoms. The summed E-state index contributed by atoms with van der Waals surface area (Å²) in [5, 5.41) is 0.700. The van der Waals surface area contributed by atoms with Crippen molar-refractivity contribution in [3.05, 3.63) is 23.2 Å². The third-order valence-electron chi connectivity index (χ3n) is 2.44. The van der Waals surface area contributed by atoms with Crippen molar-refractivity contribution in [3.8, 4) is 0 Å². The van der Waals surface area contributed by atoms with Gasteiger partial charge in [-0.25, -0.2) is 5.84 Å². The lowest BCUT2D eigenvalue weighted by Gasteiger charge is -2.05. The first-order chi connectivity index (χ1) is 8.63. The number of thioether (sulfide) groups is 1. The van der Waals surface area contributed by atoms with Crippen molar-refractivity contribution >= 4 is 35.0 Å². The van der Waals surface area contributed by atoms with E-state index in [0.29, 0.717) is 11.4 Å². The smallest absolute Gasteiger partial charge is 0.233 e. The van der Waals surface area contributed by atoms with Crippen LogP contribution in [0, 0.1) is 0 Å². The molecular formula is C12H18ClN3OS. The zero-order chi connectivity index (χ0) is 13.4. The van der Waals surface area contributed by atoms with Crippen LogP contribution in [0.3, 0.4) is 0 Å². The van der Waals surface area contributed by atoms with E-state index in [1.165, 1.54) is 0 Å². The van der Waals surface area contributed by atoms with Gasteiger partial charge in [0.15, 0.2) is 0 Å². The normalized spacial score (nSPS) is 10.3. The zero-order valence-electron chi connectivity index (χ0n) is 10.1. The number of amides is 1. The van der Waals surface area contributed by atoms with Crippen molar-refractivity contribution in [2.45, 2.75) is 30.6 Å². The van der Waals surface area contributed by atoms with Crippen LogP contribution in [-0.2, 0) is 4.79 Å². The quantitative estimate of drug-likeness (QED) is 0.180. The summed E-state index contributed by atoms with van der Waals surface area (Å²) >= 11 is 7.60. The fourth-order valence-electron chi connectivity index (χ4n) is 1.45. The number of benzene rings is 1. The van der Waals surface area contributed by atoms with Gasteiger partial charge >= 0.3 is 0 Å². The molecule has 0 saturated heterocycles. The molecule has 1 aromatic carbocycles. The summed E-state index contributed by atoms with van der Waals surface area (Å²) in [6.07, 6.45) is 3.38. The van der Waals surface area contributed by atoms with Crippen LogP contribution in [0.15, 0.2) is 23.1 Å². The van der Waals surface area contributed by atoms with Gasteiger partial charge in [-0.3, -0.25) is 10.2 Å². The van der Waals surface area contributed by atoms with Crippen LogP contribution in [0.25, 0.3) is 0 Å². The van der Waals surface area contributed by atoms with Crippen LogP contribution < -0.4 is 17.0 Å². The highest BCUT2D eigenvalue weighted by atomic mass is 35.5. The number of hydrogen-bond donors (Lipinski definition) is 3. The molecule has 1 rings (SSSR count). The second-order valence-electron chi connectivity index (χ2n) is 3.91. The number of unbranched alkanes of at least 4 members (excludes halogenated alkanes) is 2. The summed E-state index contributed by atoms with van der Waals surface area (Å²) in [6.45, 7) is 0. The Bertz CT molecular complexity index is 401. The van der Waals surface area contributed by atoms with Gasteiger partial charge in [0.2, 0.25) is 5.91 Å². The molecule has 4 nitrogen and oxygen atoms in total. The van der Waals surface area contributed by atoms with Gasteiger partial charge < -0.3 is 5.73 Å². The maximum atomic E-state index is 10.9. The average Bonchev–Trinajstić information content (AvgIpc) is 2.37. The summed E-state index contributed by atoms with van der Waals surface area (Å²) in [5.41, 5.74) is 8.72. The van der Waals surface area contributed by atoms with Crippen LogP contribution >= 0.6 is 23.4 Å². The fraction of sp³-hybridized carbons (Fsp3) is 0.417. The molecule has 0 aromatic heterocycles. The minimum atomic E-state index is -0.110. The summed E-state index contributed by atoms with van der Waals surface area (Å²) in [7, 11) is 0. The Morgan fingerprint density at radius 1 is 1.33 bits per heavy atom. The van der Waals surface area contributed by atoms with E-state index in [4.69, 9.17) is 23.2 Å². The molecule has 5 N–H and O–H groups in total. The highest BCUT2D eigenvalue weighted by molar-refractivity contribution is 7.99. The number of carbonyl (C=O) groups is 1. The van der Waals surface area contributed by atoms with E-state index in [1.807, 2.05) is 12.1 Å². The first-order valence-corrected chi connectivity index (χ1v) is 7.17. The van der Waals surface area contributed by atoms with Crippen molar-refractivity contribution in [3.63, 3.8) is 0 Å². The molecule has 0 spiro atoms. The van der Waals surface area contributed by atoms with E-state index < -0.39 is 0 Å².